The number of carbonyl (C=O) groups is 1. The Morgan fingerprint density at radius 2 is 2.19 bits per heavy atom. The molecule has 2 aromatic rings. The number of carbonyl (C=O) groups excluding carboxylic acids is 1. The number of hydrogen-bond acceptors (Lipinski definition) is 2. The van der Waals surface area contributed by atoms with Gasteiger partial charge in [0.1, 0.15) is 0 Å². The van der Waals surface area contributed by atoms with Crippen LogP contribution in [0.2, 0.25) is 0 Å². The van der Waals surface area contributed by atoms with Gasteiger partial charge in [-0.1, -0.05) is 18.2 Å². The first-order valence-electron chi connectivity index (χ1n) is 5.28. The molecule has 0 bridgehead atoms. The van der Waals surface area contributed by atoms with Crippen LogP contribution in [0.5, 0.6) is 0 Å². The van der Waals surface area contributed by atoms with Crippen molar-refractivity contribution in [3.8, 4) is 0 Å². The highest BCUT2D eigenvalue weighted by Crippen LogP contribution is 2.22. The minimum absolute atomic E-state index is 0.135. The third-order valence-electron chi connectivity index (χ3n) is 2.79. The first-order valence-corrected chi connectivity index (χ1v) is 5.28. The standard InChI is InChI=1S/C12H15N3O/c1-8-9(6-7-12(16)15-13)10-4-2-3-5-11(10)14-8/h2-5,14H,6-7,13H2,1H3,(H,15,16). The van der Waals surface area contributed by atoms with E-state index in [2.05, 4.69) is 16.5 Å². The molecule has 84 valence electrons. The maximum atomic E-state index is 11.1. The number of hydrogen-bond donors (Lipinski definition) is 3. The molecule has 4 heteroatoms. The quantitative estimate of drug-likeness (QED) is 0.413. The summed E-state index contributed by atoms with van der Waals surface area (Å²) in [5.41, 5.74) is 5.57. The molecule has 0 radical (unpaired) electrons. The van der Waals surface area contributed by atoms with Crippen LogP contribution in [0.4, 0.5) is 0 Å². The molecule has 0 unspecified atom stereocenters. The van der Waals surface area contributed by atoms with E-state index in [0.717, 1.165) is 11.2 Å². The predicted octanol–water partition coefficient (Wildman–Crippen LogP) is 1.40. The number of para-hydroxylation sites is 1. The lowest BCUT2D eigenvalue weighted by atomic mass is 10.1. The molecular formula is C12H15N3O. The second-order valence-corrected chi connectivity index (χ2v) is 3.84. The molecule has 0 saturated carbocycles. The molecule has 4 N–H and O–H groups in total. The lowest BCUT2D eigenvalue weighted by Crippen LogP contribution is -2.30. The van der Waals surface area contributed by atoms with Crippen molar-refractivity contribution in [3.05, 3.63) is 35.5 Å². The Hall–Kier alpha value is -1.81. The third-order valence-corrected chi connectivity index (χ3v) is 2.79. The van der Waals surface area contributed by atoms with Gasteiger partial charge in [-0.2, -0.15) is 0 Å². The summed E-state index contributed by atoms with van der Waals surface area (Å²) in [7, 11) is 0. The second-order valence-electron chi connectivity index (χ2n) is 3.84. The van der Waals surface area contributed by atoms with Gasteiger partial charge < -0.3 is 4.98 Å². The lowest BCUT2D eigenvalue weighted by Gasteiger charge is -2.00. The van der Waals surface area contributed by atoms with E-state index in [1.807, 2.05) is 25.1 Å². The van der Waals surface area contributed by atoms with E-state index >= 15 is 0 Å². The maximum Gasteiger partial charge on any atom is 0.234 e. The molecule has 1 amide bonds. The molecule has 2 rings (SSSR count). The van der Waals surface area contributed by atoms with Crippen LogP contribution in [-0.4, -0.2) is 10.9 Å². The summed E-state index contributed by atoms with van der Waals surface area (Å²) in [5.74, 6) is 4.92. The zero-order valence-electron chi connectivity index (χ0n) is 9.21. The fourth-order valence-corrected chi connectivity index (χ4v) is 1.97. The number of H-pyrrole nitrogens is 1. The zero-order chi connectivity index (χ0) is 11.5. The molecule has 4 nitrogen and oxygen atoms in total. The van der Waals surface area contributed by atoms with Crippen LogP contribution in [0, 0.1) is 6.92 Å². The molecule has 1 aromatic heterocycles. The number of aromatic amines is 1. The van der Waals surface area contributed by atoms with E-state index in [9.17, 15) is 4.79 Å². The van der Waals surface area contributed by atoms with Crippen LogP contribution in [0.1, 0.15) is 17.7 Å². The van der Waals surface area contributed by atoms with E-state index in [1.165, 1.54) is 10.9 Å². The molecule has 16 heavy (non-hydrogen) atoms. The summed E-state index contributed by atoms with van der Waals surface area (Å²) < 4.78 is 0. The van der Waals surface area contributed by atoms with Crippen molar-refractivity contribution in [2.24, 2.45) is 5.84 Å². The van der Waals surface area contributed by atoms with E-state index in [-0.39, 0.29) is 5.91 Å². The largest absolute Gasteiger partial charge is 0.358 e. The molecule has 0 aliphatic carbocycles. The first kappa shape index (κ1) is 10.7. The lowest BCUT2D eigenvalue weighted by molar-refractivity contribution is -0.121. The molecule has 0 saturated heterocycles. The minimum Gasteiger partial charge on any atom is -0.358 e. The van der Waals surface area contributed by atoms with E-state index in [4.69, 9.17) is 5.84 Å². The minimum atomic E-state index is -0.135. The van der Waals surface area contributed by atoms with Crippen molar-refractivity contribution in [1.82, 2.24) is 10.4 Å². The molecule has 0 aliphatic rings. The molecule has 1 aromatic carbocycles. The summed E-state index contributed by atoms with van der Waals surface area (Å²) in [5, 5.41) is 1.19. The van der Waals surface area contributed by atoms with Crippen molar-refractivity contribution in [2.75, 3.05) is 0 Å². The van der Waals surface area contributed by atoms with E-state index in [0.29, 0.717) is 12.8 Å². The predicted molar refractivity (Wildman–Crippen MR) is 63.7 cm³/mol. The van der Waals surface area contributed by atoms with Crippen molar-refractivity contribution >= 4 is 16.8 Å². The molecule has 0 atom stereocenters. The first-order chi connectivity index (χ1) is 7.72. The summed E-state index contributed by atoms with van der Waals surface area (Å²) in [6, 6.07) is 8.10. The summed E-state index contributed by atoms with van der Waals surface area (Å²) in [6.07, 6.45) is 1.12. The molecule has 0 spiro atoms. The Balaban J connectivity index is 2.29. The Bertz CT molecular complexity index is 516. The average Bonchev–Trinajstić information content (AvgIpc) is 2.62. The van der Waals surface area contributed by atoms with E-state index < -0.39 is 0 Å². The zero-order valence-corrected chi connectivity index (χ0v) is 9.21. The summed E-state index contributed by atoms with van der Waals surface area (Å²) >= 11 is 0. The maximum absolute atomic E-state index is 11.1. The van der Waals surface area contributed by atoms with Gasteiger partial charge in [0.05, 0.1) is 0 Å². The number of rotatable bonds is 3. The normalized spacial score (nSPS) is 10.6. The highest BCUT2D eigenvalue weighted by molar-refractivity contribution is 5.85. The van der Waals surface area contributed by atoms with Crippen LogP contribution in [0.15, 0.2) is 24.3 Å². The SMILES string of the molecule is Cc1[nH]c2ccccc2c1CCC(=O)NN. The van der Waals surface area contributed by atoms with Gasteiger partial charge in [-0.15, -0.1) is 0 Å². The van der Waals surface area contributed by atoms with Crippen LogP contribution in [0.25, 0.3) is 10.9 Å². The number of aryl methyl sites for hydroxylation is 2. The number of hydrazine groups is 1. The number of amides is 1. The van der Waals surface area contributed by atoms with Crippen molar-refractivity contribution < 1.29 is 4.79 Å². The van der Waals surface area contributed by atoms with Crippen molar-refractivity contribution in [2.45, 2.75) is 19.8 Å². The number of nitrogens with one attached hydrogen (secondary N) is 2. The highest BCUT2D eigenvalue weighted by atomic mass is 16.2. The Labute approximate surface area is 93.8 Å². The van der Waals surface area contributed by atoms with Gasteiger partial charge in [0, 0.05) is 23.0 Å². The summed E-state index contributed by atoms with van der Waals surface area (Å²) in [4.78, 5) is 14.4. The van der Waals surface area contributed by atoms with Crippen molar-refractivity contribution in [1.29, 1.82) is 0 Å². The van der Waals surface area contributed by atoms with Crippen LogP contribution in [-0.2, 0) is 11.2 Å². The van der Waals surface area contributed by atoms with Gasteiger partial charge in [-0.3, -0.25) is 10.2 Å². The number of nitrogens with two attached hydrogens (primary N) is 1. The van der Waals surface area contributed by atoms with Crippen LogP contribution >= 0.6 is 0 Å². The van der Waals surface area contributed by atoms with Gasteiger partial charge in [-0.05, 0) is 25.0 Å². The topological polar surface area (TPSA) is 70.9 Å². The highest BCUT2D eigenvalue weighted by Gasteiger charge is 2.09. The van der Waals surface area contributed by atoms with Crippen molar-refractivity contribution in [3.63, 3.8) is 0 Å². The van der Waals surface area contributed by atoms with Gasteiger partial charge in [0.2, 0.25) is 5.91 Å². The molecule has 0 aliphatic heterocycles. The fraction of sp³-hybridized carbons (Fsp3) is 0.250. The monoisotopic (exact) mass is 217 g/mol. The fourth-order valence-electron chi connectivity index (χ4n) is 1.97. The number of benzene rings is 1. The van der Waals surface area contributed by atoms with Gasteiger partial charge in [0.15, 0.2) is 0 Å². The number of fused-ring (bicyclic) bond motifs is 1. The summed E-state index contributed by atoms with van der Waals surface area (Å²) in [6.45, 7) is 2.02. The van der Waals surface area contributed by atoms with Gasteiger partial charge >= 0.3 is 0 Å². The second kappa shape index (κ2) is 4.37. The van der Waals surface area contributed by atoms with Gasteiger partial charge in [0.25, 0.3) is 0 Å². The van der Waals surface area contributed by atoms with Crippen LogP contribution in [0.3, 0.4) is 0 Å². The molecule has 1 heterocycles. The molecular weight excluding hydrogens is 202 g/mol. The van der Waals surface area contributed by atoms with E-state index in [1.54, 1.807) is 0 Å². The van der Waals surface area contributed by atoms with Crippen LogP contribution < -0.4 is 11.3 Å². The Kier molecular flexibility index (Phi) is 2.92. The Morgan fingerprint density at radius 1 is 1.44 bits per heavy atom. The smallest absolute Gasteiger partial charge is 0.234 e. The average molecular weight is 217 g/mol. The number of aromatic nitrogens is 1. The van der Waals surface area contributed by atoms with Gasteiger partial charge in [-0.25, -0.2) is 5.84 Å². The third kappa shape index (κ3) is 1.92. The Morgan fingerprint density at radius 3 is 2.94 bits per heavy atom. The molecule has 0 fully saturated rings.